The lowest BCUT2D eigenvalue weighted by Crippen LogP contribution is -2.25. The third-order valence-electron chi connectivity index (χ3n) is 4.78. The summed E-state index contributed by atoms with van der Waals surface area (Å²) in [5.41, 5.74) is 7.93. The average molecular weight is 409 g/mol. The number of rotatable bonds is 5. The second kappa shape index (κ2) is 7.59. The van der Waals surface area contributed by atoms with Crippen molar-refractivity contribution in [1.29, 1.82) is 0 Å². The van der Waals surface area contributed by atoms with E-state index in [9.17, 15) is 13.2 Å². The van der Waals surface area contributed by atoms with Gasteiger partial charge in [-0.1, -0.05) is 18.2 Å². The minimum absolute atomic E-state index is 0.0237. The van der Waals surface area contributed by atoms with Crippen molar-refractivity contribution in [3.8, 4) is 0 Å². The van der Waals surface area contributed by atoms with Gasteiger partial charge in [0.15, 0.2) is 0 Å². The molecule has 0 fully saturated rings. The summed E-state index contributed by atoms with van der Waals surface area (Å²) in [6, 6.07) is 11.4. The van der Waals surface area contributed by atoms with Crippen LogP contribution in [0.25, 0.3) is 0 Å². The number of carbonyl (C=O) groups is 1. The third-order valence-corrected chi connectivity index (χ3v) is 6.54. The van der Waals surface area contributed by atoms with Crippen LogP contribution in [0.2, 0.25) is 0 Å². The van der Waals surface area contributed by atoms with E-state index < -0.39 is 9.84 Å². The Morgan fingerprint density at radius 3 is 2.52 bits per heavy atom. The van der Waals surface area contributed by atoms with E-state index in [0.29, 0.717) is 25.2 Å². The molecule has 4 rings (SSSR count). The number of nitrogens with zero attached hydrogens (tertiary/aromatic N) is 4. The van der Waals surface area contributed by atoms with Crippen molar-refractivity contribution in [2.75, 3.05) is 5.73 Å². The van der Waals surface area contributed by atoms with Gasteiger partial charge in [0.25, 0.3) is 0 Å². The molecule has 0 saturated heterocycles. The molecule has 148 valence electrons. The normalized spacial score (nSPS) is 13.3. The van der Waals surface area contributed by atoms with E-state index in [1.165, 1.54) is 12.3 Å². The van der Waals surface area contributed by atoms with Crippen LogP contribution >= 0.6 is 0 Å². The number of sulfone groups is 1. The molecule has 8 nitrogen and oxygen atoms in total. The van der Waals surface area contributed by atoms with Gasteiger partial charge in [0.2, 0.25) is 21.7 Å². The summed E-state index contributed by atoms with van der Waals surface area (Å²) in [6.45, 7) is 0.888. The van der Waals surface area contributed by atoms with Crippen molar-refractivity contribution in [3.63, 3.8) is 0 Å². The van der Waals surface area contributed by atoms with Crippen molar-refractivity contribution in [2.45, 2.75) is 35.7 Å². The van der Waals surface area contributed by atoms with Gasteiger partial charge in [-0.3, -0.25) is 9.78 Å². The number of aromatic nitrogens is 3. The van der Waals surface area contributed by atoms with Crippen LogP contribution in [0.15, 0.2) is 64.6 Å². The second-order valence-corrected chi connectivity index (χ2v) is 8.70. The number of amides is 1. The van der Waals surface area contributed by atoms with Crippen LogP contribution in [0, 0.1) is 0 Å². The zero-order valence-corrected chi connectivity index (χ0v) is 16.3. The quantitative estimate of drug-likeness (QED) is 0.682. The zero-order valence-electron chi connectivity index (χ0n) is 15.5. The number of hydrogen-bond acceptors (Lipinski definition) is 7. The van der Waals surface area contributed by atoms with Crippen LogP contribution in [0.1, 0.15) is 23.4 Å². The lowest BCUT2D eigenvalue weighted by molar-refractivity contribution is -0.131. The van der Waals surface area contributed by atoms with E-state index in [1.807, 2.05) is 0 Å². The van der Waals surface area contributed by atoms with Gasteiger partial charge in [-0.2, -0.15) is 0 Å². The first-order chi connectivity index (χ1) is 13.9. The van der Waals surface area contributed by atoms with E-state index in [2.05, 4.69) is 15.0 Å². The van der Waals surface area contributed by atoms with E-state index in [4.69, 9.17) is 5.73 Å². The number of nitrogens with two attached hydrogens (primary N) is 1. The van der Waals surface area contributed by atoms with Gasteiger partial charge in [-0.05, 0) is 30.7 Å². The number of hydrogen-bond donors (Lipinski definition) is 1. The van der Waals surface area contributed by atoms with Gasteiger partial charge in [0.1, 0.15) is 0 Å². The first kappa shape index (κ1) is 19.0. The lowest BCUT2D eigenvalue weighted by atomic mass is 10.2. The lowest BCUT2D eigenvalue weighted by Gasteiger charge is -2.14. The highest BCUT2D eigenvalue weighted by Gasteiger charge is 2.25. The molecule has 0 aliphatic carbocycles. The molecule has 9 heteroatoms. The van der Waals surface area contributed by atoms with Gasteiger partial charge in [0.05, 0.1) is 22.0 Å². The molecule has 0 bridgehead atoms. The number of fused-ring (bicyclic) bond motifs is 1. The van der Waals surface area contributed by atoms with Crippen LogP contribution in [0.3, 0.4) is 0 Å². The molecule has 1 amide bonds. The topological polar surface area (TPSA) is 119 Å². The minimum Gasteiger partial charge on any atom is -0.368 e. The van der Waals surface area contributed by atoms with Gasteiger partial charge >= 0.3 is 0 Å². The fraction of sp³-hybridized carbons (Fsp3) is 0.200. The van der Waals surface area contributed by atoms with E-state index in [1.54, 1.807) is 47.5 Å². The predicted octanol–water partition coefficient (Wildman–Crippen LogP) is 1.76. The second-order valence-electron chi connectivity index (χ2n) is 6.75. The zero-order chi connectivity index (χ0) is 20.4. The maximum absolute atomic E-state index is 12.6. The van der Waals surface area contributed by atoms with Crippen LogP contribution in [-0.4, -0.2) is 34.2 Å². The fourth-order valence-electron chi connectivity index (χ4n) is 3.19. The molecule has 1 aromatic carbocycles. The Balaban J connectivity index is 1.38. The molecule has 3 heterocycles. The van der Waals surface area contributed by atoms with Gasteiger partial charge in [-0.15, -0.1) is 0 Å². The SMILES string of the molecule is Nc1ncc2c(n1)CN(C(=O)CCc1ccc(S(=O)(=O)c3ccccc3)cn1)C2. The van der Waals surface area contributed by atoms with Crippen LogP contribution in [-0.2, 0) is 34.1 Å². The average Bonchev–Trinajstić information content (AvgIpc) is 3.16. The highest BCUT2D eigenvalue weighted by atomic mass is 32.2. The van der Waals surface area contributed by atoms with Crippen molar-refractivity contribution in [3.05, 3.63) is 71.8 Å². The summed E-state index contributed by atoms with van der Waals surface area (Å²) >= 11 is 0. The maximum Gasteiger partial charge on any atom is 0.223 e. The van der Waals surface area contributed by atoms with Gasteiger partial charge in [-0.25, -0.2) is 18.4 Å². The Morgan fingerprint density at radius 2 is 1.79 bits per heavy atom. The molecular weight excluding hydrogens is 390 g/mol. The molecule has 0 radical (unpaired) electrons. The molecule has 0 saturated carbocycles. The highest BCUT2D eigenvalue weighted by molar-refractivity contribution is 7.91. The standard InChI is InChI=1S/C20H19N5O3S/c21-20-23-10-14-12-25(13-18(14)24-20)19(26)9-7-15-6-8-17(11-22-15)29(27,28)16-4-2-1-3-5-16/h1-6,8,10-11H,7,9,12-13H2,(H2,21,23,24). The Labute approximate surface area is 168 Å². The summed E-state index contributed by atoms with van der Waals surface area (Å²) in [4.78, 5) is 26.9. The Hall–Kier alpha value is -3.33. The number of pyridine rings is 1. The minimum atomic E-state index is -3.60. The number of carbonyl (C=O) groups excluding carboxylic acids is 1. The van der Waals surface area contributed by atoms with E-state index in [0.717, 1.165) is 11.3 Å². The van der Waals surface area contributed by atoms with E-state index in [-0.39, 0.29) is 28.1 Å². The van der Waals surface area contributed by atoms with Crippen molar-refractivity contribution < 1.29 is 13.2 Å². The molecule has 0 spiro atoms. The van der Waals surface area contributed by atoms with Crippen LogP contribution in [0.5, 0.6) is 0 Å². The number of nitrogen functional groups attached to an aromatic ring is 1. The molecule has 0 unspecified atom stereocenters. The molecule has 0 atom stereocenters. The summed E-state index contributed by atoms with van der Waals surface area (Å²) < 4.78 is 25.2. The fourth-order valence-corrected chi connectivity index (χ4v) is 4.42. The van der Waals surface area contributed by atoms with E-state index >= 15 is 0 Å². The van der Waals surface area contributed by atoms with Crippen LogP contribution in [0.4, 0.5) is 5.95 Å². The number of aryl methyl sites for hydroxylation is 1. The van der Waals surface area contributed by atoms with Crippen molar-refractivity contribution >= 4 is 21.7 Å². The molecule has 1 aliphatic rings. The van der Waals surface area contributed by atoms with Gasteiger partial charge in [0, 0.05) is 36.6 Å². The first-order valence-electron chi connectivity index (χ1n) is 9.06. The predicted molar refractivity (Wildman–Crippen MR) is 105 cm³/mol. The number of anilines is 1. The maximum atomic E-state index is 12.6. The summed E-state index contributed by atoms with van der Waals surface area (Å²) in [5.74, 6) is 0.178. The van der Waals surface area contributed by atoms with Crippen molar-refractivity contribution in [2.24, 2.45) is 0 Å². The molecule has 29 heavy (non-hydrogen) atoms. The van der Waals surface area contributed by atoms with Crippen molar-refractivity contribution in [1.82, 2.24) is 19.9 Å². The molecule has 2 N–H and O–H groups in total. The Kier molecular flexibility index (Phi) is 4.98. The molecular formula is C20H19N5O3S. The monoisotopic (exact) mass is 409 g/mol. The third kappa shape index (κ3) is 3.95. The molecule has 3 aromatic rings. The molecule has 1 aliphatic heterocycles. The van der Waals surface area contributed by atoms with Crippen LogP contribution < -0.4 is 5.73 Å². The largest absolute Gasteiger partial charge is 0.368 e. The molecule has 2 aromatic heterocycles. The smallest absolute Gasteiger partial charge is 0.223 e. The van der Waals surface area contributed by atoms with Gasteiger partial charge < -0.3 is 10.6 Å². The Morgan fingerprint density at radius 1 is 1.00 bits per heavy atom. The summed E-state index contributed by atoms with van der Waals surface area (Å²) in [6.07, 6.45) is 3.68. The number of benzene rings is 1. The Bertz CT molecular complexity index is 1150. The summed E-state index contributed by atoms with van der Waals surface area (Å²) in [5, 5.41) is 0. The summed E-state index contributed by atoms with van der Waals surface area (Å²) in [7, 11) is -3.60. The first-order valence-corrected chi connectivity index (χ1v) is 10.5. The highest BCUT2D eigenvalue weighted by Crippen LogP contribution is 2.22.